The largest absolute Gasteiger partial charge is 0.497 e. The van der Waals surface area contributed by atoms with Crippen LogP contribution in [0.5, 0.6) is 5.75 Å². The van der Waals surface area contributed by atoms with Gasteiger partial charge in [-0.15, -0.1) is 11.3 Å². The Balaban J connectivity index is 1.45. The van der Waals surface area contributed by atoms with Gasteiger partial charge in [0, 0.05) is 42.5 Å². The van der Waals surface area contributed by atoms with Crippen molar-refractivity contribution in [1.82, 2.24) is 14.9 Å². The molecule has 0 aliphatic carbocycles. The van der Waals surface area contributed by atoms with Crippen LogP contribution in [0.25, 0.3) is 0 Å². The van der Waals surface area contributed by atoms with E-state index in [4.69, 9.17) is 4.74 Å². The number of amides is 1. The first-order valence-electron chi connectivity index (χ1n) is 8.31. The SMILES string of the molecule is COc1ccc(Nc2nc(C(=O)N3CCc4ncccc4C3)cs2)cc1. The molecule has 6 nitrogen and oxygen atoms in total. The lowest BCUT2D eigenvalue weighted by Crippen LogP contribution is -2.36. The van der Waals surface area contributed by atoms with Gasteiger partial charge in [-0.2, -0.15) is 0 Å². The summed E-state index contributed by atoms with van der Waals surface area (Å²) in [4.78, 5) is 23.4. The molecule has 7 heteroatoms. The second-order valence-corrected chi connectivity index (χ2v) is 6.84. The second kappa shape index (κ2) is 7.13. The summed E-state index contributed by atoms with van der Waals surface area (Å²) in [6.07, 6.45) is 2.58. The van der Waals surface area contributed by atoms with Crippen LogP contribution in [0.4, 0.5) is 10.8 Å². The van der Waals surface area contributed by atoms with Crippen LogP contribution < -0.4 is 10.1 Å². The molecule has 0 bridgehead atoms. The van der Waals surface area contributed by atoms with Crippen molar-refractivity contribution in [2.24, 2.45) is 0 Å². The molecule has 0 atom stereocenters. The molecule has 1 N–H and O–H groups in total. The molecular formula is C19H18N4O2S. The third kappa shape index (κ3) is 3.39. The molecule has 3 heterocycles. The molecule has 1 aromatic carbocycles. The number of ether oxygens (including phenoxy) is 1. The third-order valence-electron chi connectivity index (χ3n) is 4.32. The fourth-order valence-electron chi connectivity index (χ4n) is 2.93. The van der Waals surface area contributed by atoms with Crippen LogP contribution in [0.15, 0.2) is 48.0 Å². The highest BCUT2D eigenvalue weighted by atomic mass is 32.1. The summed E-state index contributed by atoms with van der Waals surface area (Å²) in [5.41, 5.74) is 3.56. The molecule has 4 rings (SSSR count). The average Bonchev–Trinajstić information content (AvgIpc) is 3.16. The zero-order chi connectivity index (χ0) is 17.9. The smallest absolute Gasteiger partial charge is 0.273 e. The highest BCUT2D eigenvalue weighted by molar-refractivity contribution is 7.14. The Morgan fingerprint density at radius 1 is 1.27 bits per heavy atom. The molecule has 0 saturated carbocycles. The molecule has 2 aromatic heterocycles. The molecule has 0 radical (unpaired) electrons. The minimum atomic E-state index is -0.0430. The number of anilines is 2. The fourth-order valence-corrected chi connectivity index (χ4v) is 3.63. The van der Waals surface area contributed by atoms with Gasteiger partial charge in [0.05, 0.1) is 7.11 Å². The molecule has 3 aromatic rings. The first-order valence-corrected chi connectivity index (χ1v) is 9.19. The number of nitrogens with zero attached hydrogens (tertiary/aromatic N) is 3. The molecule has 26 heavy (non-hydrogen) atoms. The predicted octanol–water partition coefficient (Wildman–Crippen LogP) is 3.49. The Morgan fingerprint density at radius 3 is 2.92 bits per heavy atom. The number of fused-ring (bicyclic) bond motifs is 1. The van der Waals surface area contributed by atoms with Crippen molar-refractivity contribution in [3.05, 3.63) is 64.9 Å². The van der Waals surface area contributed by atoms with E-state index in [1.807, 2.05) is 41.3 Å². The van der Waals surface area contributed by atoms with Crippen molar-refractivity contribution in [2.45, 2.75) is 13.0 Å². The van der Waals surface area contributed by atoms with Crippen LogP contribution in [0.2, 0.25) is 0 Å². The van der Waals surface area contributed by atoms with Crippen molar-refractivity contribution in [1.29, 1.82) is 0 Å². The van der Waals surface area contributed by atoms with E-state index >= 15 is 0 Å². The van der Waals surface area contributed by atoms with Crippen molar-refractivity contribution < 1.29 is 9.53 Å². The second-order valence-electron chi connectivity index (χ2n) is 5.98. The minimum absolute atomic E-state index is 0.0430. The summed E-state index contributed by atoms with van der Waals surface area (Å²) in [7, 11) is 1.64. The summed E-state index contributed by atoms with van der Waals surface area (Å²) in [6.45, 7) is 1.25. The number of thiazole rings is 1. The van der Waals surface area contributed by atoms with Crippen LogP contribution in [-0.4, -0.2) is 34.4 Å². The van der Waals surface area contributed by atoms with Gasteiger partial charge in [0.1, 0.15) is 11.4 Å². The lowest BCUT2D eigenvalue weighted by molar-refractivity contribution is 0.0728. The molecule has 132 valence electrons. The van der Waals surface area contributed by atoms with Crippen LogP contribution >= 0.6 is 11.3 Å². The van der Waals surface area contributed by atoms with E-state index in [1.54, 1.807) is 18.7 Å². The summed E-state index contributed by atoms with van der Waals surface area (Å²) in [5.74, 6) is 0.754. The standard InChI is InChI=1S/C19H18N4O2S/c1-25-15-6-4-14(5-7-15)21-19-22-17(12-26-19)18(24)23-10-8-16-13(11-23)3-2-9-20-16/h2-7,9,12H,8,10-11H2,1H3,(H,21,22). The van der Waals surface area contributed by atoms with Gasteiger partial charge < -0.3 is 15.0 Å². The number of rotatable bonds is 4. The van der Waals surface area contributed by atoms with Crippen molar-refractivity contribution in [3.63, 3.8) is 0 Å². The van der Waals surface area contributed by atoms with Gasteiger partial charge in [-0.25, -0.2) is 4.98 Å². The predicted molar refractivity (Wildman–Crippen MR) is 101 cm³/mol. The maximum atomic E-state index is 12.8. The number of methoxy groups -OCH3 is 1. The molecule has 1 aliphatic rings. The number of nitrogens with one attached hydrogen (secondary N) is 1. The first kappa shape index (κ1) is 16.5. The molecular weight excluding hydrogens is 348 g/mol. The highest BCUT2D eigenvalue weighted by Crippen LogP contribution is 2.24. The summed E-state index contributed by atoms with van der Waals surface area (Å²) < 4.78 is 5.15. The van der Waals surface area contributed by atoms with E-state index in [9.17, 15) is 4.79 Å². The van der Waals surface area contributed by atoms with E-state index in [2.05, 4.69) is 15.3 Å². The summed E-state index contributed by atoms with van der Waals surface area (Å²) in [5, 5.41) is 5.71. The van der Waals surface area contributed by atoms with Gasteiger partial charge >= 0.3 is 0 Å². The van der Waals surface area contributed by atoms with E-state index < -0.39 is 0 Å². The van der Waals surface area contributed by atoms with Crippen LogP contribution in [0.3, 0.4) is 0 Å². The molecule has 1 aliphatic heterocycles. The van der Waals surface area contributed by atoms with Gasteiger partial charge in [0.15, 0.2) is 5.13 Å². The number of carbonyl (C=O) groups excluding carboxylic acids is 1. The lowest BCUT2D eigenvalue weighted by Gasteiger charge is -2.27. The Kier molecular flexibility index (Phi) is 4.53. The Labute approximate surface area is 155 Å². The maximum absolute atomic E-state index is 12.8. The Morgan fingerprint density at radius 2 is 2.12 bits per heavy atom. The highest BCUT2D eigenvalue weighted by Gasteiger charge is 2.24. The number of benzene rings is 1. The van der Waals surface area contributed by atoms with E-state index in [0.29, 0.717) is 23.9 Å². The minimum Gasteiger partial charge on any atom is -0.497 e. The van der Waals surface area contributed by atoms with Crippen LogP contribution in [0, 0.1) is 0 Å². The Bertz CT molecular complexity index is 923. The van der Waals surface area contributed by atoms with Crippen LogP contribution in [0.1, 0.15) is 21.7 Å². The average molecular weight is 366 g/mol. The fraction of sp³-hybridized carbons (Fsp3) is 0.211. The topological polar surface area (TPSA) is 67.3 Å². The zero-order valence-corrected chi connectivity index (χ0v) is 15.1. The summed E-state index contributed by atoms with van der Waals surface area (Å²) in [6, 6.07) is 11.5. The number of hydrogen-bond donors (Lipinski definition) is 1. The van der Waals surface area contributed by atoms with Gasteiger partial charge in [-0.05, 0) is 35.9 Å². The third-order valence-corrected chi connectivity index (χ3v) is 5.07. The van der Waals surface area contributed by atoms with Gasteiger partial charge in [-0.1, -0.05) is 6.07 Å². The van der Waals surface area contributed by atoms with Crippen molar-refractivity contribution in [2.75, 3.05) is 19.0 Å². The molecule has 1 amide bonds. The van der Waals surface area contributed by atoms with Gasteiger partial charge in [0.2, 0.25) is 0 Å². The molecule has 0 spiro atoms. The quantitative estimate of drug-likeness (QED) is 0.766. The summed E-state index contributed by atoms with van der Waals surface area (Å²) >= 11 is 1.42. The van der Waals surface area contributed by atoms with Crippen molar-refractivity contribution >= 4 is 28.1 Å². The molecule has 0 fully saturated rings. The monoisotopic (exact) mass is 366 g/mol. The van der Waals surface area contributed by atoms with E-state index in [0.717, 1.165) is 29.1 Å². The van der Waals surface area contributed by atoms with E-state index in [1.165, 1.54) is 11.3 Å². The maximum Gasteiger partial charge on any atom is 0.273 e. The molecule has 0 saturated heterocycles. The number of pyridine rings is 1. The van der Waals surface area contributed by atoms with E-state index in [-0.39, 0.29) is 5.91 Å². The van der Waals surface area contributed by atoms with Gasteiger partial charge in [0.25, 0.3) is 5.91 Å². The number of aromatic nitrogens is 2. The zero-order valence-electron chi connectivity index (χ0n) is 14.3. The normalized spacial score (nSPS) is 13.2. The number of carbonyl (C=O) groups is 1. The van der Waals surface area contributed by atoms with Gasteiger partial charge in [-0.3, -0.25) is 9.78 Å². The lowest BCUT2D eigenvalue weighted by atomic mass is 10.1. The van der Waals surface area contributed by atoms with Crippen molar-refractivity contribution in [3.8, 4) is 5.75 Å². The Hall–Kier alpha value is -2.93. The number of hydrogen-bond acceptors (Lipinski definition) is 6. The molecule has 0 unspecified atom stereocenters. The first-order chi connectivity index (χ1) is 12.7. The van der Waals surface area contributed by atoms with Crippen LogP contribution in [-0.2, 0) is 13.0 Å².